The van der Waals surface area contributed by atoms with Gasteiger partial charge >= 0.3 is 5.97 Å². The number of carbonyl (C=O) groups excluding carboxylic acids is 1. The van der Waals surface area contributed by atoms with Crippen molar-refractivity contribution in [3.05, 3.63) is 28.8 Å². The normalized spacial score (nSPS) is 13.2. The van der Waals surface area contributed by atoms with Crippen molar-refractivity contribution in [1.29, 1.82) is 5.26 Å². The lowest BCUT2D eigenvalue weighted by molar-refractivity contribution is 0.0526. The van der Waals surface area contributed by atoms with Crippen LogP contribution in [0.1, 0.15) is 34.8 Å². The van der Waals surface area contributed by atoms with E-state index in [2.05, 4.69) is 6.07 Å². The fourth-order valence-electron chi connectivity index (χ4n) is 1.90. The van der Waals surface area contributed by atoms with E-state index in [4.69, 9.17) is 14.7 Å². The highest BCUT2D eigenvalue weighted by Gasteiger charge is 2.19. The second-order valence-electron chi connectivity index (χ2n) is 3.80. The Morgan fingerprint density at radius 2 is 2.41 bits per heavy atom. The highest BCUT2D eigenvalue weighted by atomic mass is 16.5. The Morgan fingerprint density at radius 1 is 1.59 bits per heavy atom. The van der Waals surface area contributed by atoms with Gasteiger partial charge in [-0.05, 0) is 37.5 Å². The SMILES string of the molecule is CCOC(=O)c1cc(C#N)c2c(c1)CCCO2. The molecule has 0 bridgehead atoms. The summed E-state index contributed by atoms with van der Waals surface area (Å²) in [6.45, 7) is 2.71. The summed E-state index contributed by atoms with van der Waals surface area (Å²) in [5, 5.41) is 9.05. The third-order valence-corrected chi connectivity index (χ3v) is 2.63. The molecule has 1 heterocycles. The molecule has 0 amide bonds. The summed E-state index contributed by atoms with van der Waals surface area (Å²) in [7, 11) is 0. The number of hydrogen-bond donors (Lipinski definition) is 0. The van der Waals surface area contributed by atoms with Crippen molar-refractivity contribution >= 4 is 5.97 Å². The van der Waals surface area contributed by atoms with Crippen molar-refractivity contribution in [2.75, 3.05) is 13.2 Å². The van der Waals surface area contributed by atoms with Gasteiger partial charge in [0.1, 0.15) is 11.8 Å². The highest BCUT2D eigenvalue weighted by Crippen LogP contribution is 2.30. The summed E-state index contributed by atoms with van der Waals surface area (Å²) in [6.07, 6.45) is 1.74. The van der Waals surface area contributed by atoms with E-state index in [0.717, 1.165) is 18.4 Å². The lowest BCUT2D eigenvalue weighted by Crippen LogP contribution is -2.12. The Balaban J connectivity index is 2.43. The van der Waals surface area contributed by atoms with Crippen molar-refractivity contribution < 1.29 is 14.3 Å². The van der Waals surface area contributed by atoms with E-state index in [0.29, 0.717) is 30.1 Å². The van der Waals surface area contributed by atoms with Gasteiger partial charge in [0.25, 0.3) is 0 Å². The van der Waals surface area contributed by atoms with Gasteiger partial charge in [0.05, 0.1) is 24.3 Å². The average Bonchev–Trinajstić information content (AvgIpc) is 2.37. The number of ether oxygens (including phenoxy) is 2. The minimum absolute atomic E-state index is 0.328. The first-order valence-corrected chi connectivity index (χ1v) is 5.63. The average molecular weight is 231 g/mol. The molecule has 0 spiro atoms. The molecule has 1 aromatic carbocycles. The summed E-state index contributed by atoms with van der Waals surface area (Å²) >= 11 is 0. The molecule has 4 nitrogen and oxygen atoms in total. The van der Waals surface area contributed by atoms with Crippen LogP contribution in [-0.2, 0) is 11.2 Å². The molecule has 0 aromatic heterocycles. The van der Waals surface area contributed by atoms with Crippen molar-refractivity contribution in [2.24, 2.45) is 0 Å². The first-order chi connectivity index (χ1) is 8.26. The van der Waals surface area contributed by atoms with Crippen LogP contribution in [0.2, 0.25) is 0 Å². The van der Waals surface area contributed by atoms with Crippen molar-refractivity contribution in [1.82, 2.24) is 0 Å². The van der Waals surface area contributed by atoms with E-state index in [-0.39, 0.29) is 0 Å². The van der Waals surface area contributed by atoms with Gasteiger partial charge < -0.3 is 9.47 Å². The fourth-order valence-corrected chi connectivity index (χ4v) is 1.90. The molecule has 0 N–H and O–H groups in total. The predicted molar refractivity (Wildman–Crippen MR) is 60.9 cm³/mol. The zero-order valence-corrected chi connectivity index (χ0v) is 9.66. The number of nitriles is 1. The van der Waals surface area contributed by atoms with Crippen LogP contribution in [-0.4, -0.2) is 19.2 Å². The molecule has 1 aliphatic heterocycles. The Hall–Kier alpha value is -2.02. The van der Waals surface area contributed by atoms with E-state index < -0.39 is 5.97 Å². The number of esters is 1. The molecule has 0 saturated carbocycles. The van der Waals surface area contributed by atoms with Crippen LogP contribution in [0.15, 0.2) is 12.1 Å². The number of nitrogens with zero attached hydrogens (tertiary/aromatic N) is 1. The van der Waals surface area contributed by atoms with Gasteiger partial charge in [-0.15, -0.1) is 0 Å². The van der Waals surface area contributed by atoms with Crippen LogP contribution in [0.25, 0.3) is 0 Å². The molecule has 0 fully saturated rings. The molecule has 88 valence electrons. The maximum atomic E-state index is 11.6. The number of rotatable bonds is 2. The smallest absolute Gasteiger partial charge is 0.338 e. The maximum Gasteiger partial charge on any atom is 0.338 e. The molecular weight excluding hydrogens is 218 g/mol. The lowest BCUT2D eigenvalue weighted by atomic mass is 9.99. The van der Waals surface area contributed by atoms with Crippen molar-refractivity contribution in [3.8, 4) is 11.8 Å². The minimum Gasteiger partial charge on any atom is -0.492 e. The van der Waals surface area contributed by atoms with Gasteiger partial charge in [0, 0.05) is 0 Å². The summed E-state index contributed by atoms with van der Waals surface area (Å²) in [6, 6.07) is 5.35. The van der Waals surface area contributed by atoms with Crippen LogP contribution in [0, 0.1) is 11.3 Å². The monoisotopic (exact) mass is 231 g/mol. The number of benzene rings is 1. The molecule has 17 heavy (non-hydrogen) atoms. The van der Waals surface area contributed by atoms with E-state index in [1.165, 1.54) is 6.07 Å². The molecule has 0 saturated heterocycles. The standard InChI is InChI=1S/C13H13NO3/c1-2-16-13(15)10-6-9-4-3-5-17-12(9)11(7-10)8-14/h6-7H,2-5H2,1H3. The molecule has 1 aromatic rings. The Kier molecular flexibility index (Phi) is 3.29. The minimum atomic E-state index is -0.391. The van der Waals surface area contributed by atoms with Gasteiger partial charge in [0.15, 0.2) is 0 Å². The van der Waals surface area contributed by atoms with Crippen LogP contribution in [0.3, 0.4) is 0 Å². The van der Waals surface area contributed by atoms with Crippen LogP contribution in [0.4, 0.5) is 0 Å². The van der Waals surface area contributed by atoms with Gasteiger partial charge in [-0.2, -0.15) is 5.26 Å². The zero-order chi connectivity index (χ0) is 12.3. The van der Waals surface area contributed by atoms with E-state index >= 15 is 0 Å². The largest absolute Gasteiger partial charge is 0.492 e. The van der Waals surface area contributed by atoms with Crippen LogP contribution in [0.5, 0.6) is 5.75 Å². The first-order valence-electron chi connectivity index (χ1n) is 5.63. The molecule has 0 radical (unpaired) electrons. The third-order valence-electron chi connectivity index (χ3n) is 2.63. The highest BCUT2D eigenvalue weighted by molar-refractivity contribution is 5.90. The van der Waals surface area contributed by atoms with E-state index in [9.17, 15) is 4.79 Å². The molecule has 0 atom stereocenters. The van der Waals surface area contributed by atoms with E-state index in [1.807, 2.05) is 0 Å². The number of aryl methyl sites for hydroxylation is 1. The zero-order valence-electron chi connectivity index (χ0n) is 9.66. The lowest BCUT2D eigenvalue weighted by Gasteiger charge is -2.19. The summed E-state index contributed by atoms with van der Waals surface area (Å²) in [5.74, 6) is 0.226. The van der Waals surface area contributed by atoms with Gasteiger partial charge in [-0.25, -0.2) is 4.79 Å². The third kappa shape index (κ3) is 2.23. The van der Waals surface area contributed by atoms with Crippen LogP contribution < -0.4 is 4.74 Å². The molecule has 2 rings (SSSR count). The second-order valence-corrected chi connectivity index (χ2v) is 3.80. The molecule has 0 unspecified atom stereocenters. The van der Waals surface area contributed by atoms with Crippen LogP contribution >= 0.6 is 0 Å². The Bertz CT molecular complexity index is 488. The first kappa shape index (κ1) is 11.5. The summed E-state index contributed by atoms with van der Waals surface area (Å²) in [4.78, 5) is 11.6. The maximum absolute atomic E-state index is 11.6. The molecule has 0 aliphatic carbocycles. The molecular formula is C13H13NO3. The van der Waals surface area contributed by atoms with Gasteiger partial charge in [-0.3, -0.25) is 0 Å². The number of fused-ring (bicyclic) bond motifs is 1. The number of hydrogen-bond acceptors (Lipinski definition) is 4. The van der Waals surface area contributed by atoms with E-state index in [1.54, 1.807) is 13.0 Å². The van der Waals surface area contributed by atoms with Gasteiger partial charge in [0.2, 0.25) is 0 Å². The predicted octanol–water partition coefficient (Wildman–Crippen LogP) is 2.06. The fraction of sp³-hybridized carbons (Fsp3) is 0.385. The Labute approximate surface area is 99.8 Å². The quantitative estimate of drug-likeness (QED) is 0.731. The molecule has 4 heteroatoms. The van der Waals surface area contributed by atoms with Crippen molar-refractivity contribution in [3.63, 3.8) is 0 Å². The second kappa shape index (κ2) is 4.88. The van der Waals surface area contributed by atoms with Crippen molar-refractivity contribution in [2.45, 2.75) is 19.8 Å². The van der Waals surface area contributed by atoms with Gasteiger partial charge in [-0.1, -0.05) is 0 Å². The topological polar surface area (TPSA) is 59.3 Å². The summed E-state index contributed by atoms with van der Waals surface area (Å²) in [5.41, 5.74) is 1.75. The Morgan fingerprint density at radius 3 is 3.12 bits per heavy atom. The summed E-state index contributed by atoms with van der Waals surface area (Å²) < 4.78 is 10.4. The number of carbonyl (C=O) groups is 1. The molecule has 1 aliphatic rings.